The summed E-state index contributed by atoms with van der Waals surface area (Å²) in [6.07, 6.45) is -9.20. The first kappa shape index (κ1) is 32.6. The number of nitrogens with zero attached hydrogens (tertiary/aromatic N) is 6. The molecule has 0 saturated carbocycles. The first-order valence-corrected chi connectivity index (χ1v) is 13.6. The predicted molar refractivity (Wildman–Crippen MR) is 145 cm³/mol. The van der Waals surface area contributed by atoms with Crippen LogP contribution in [0.5, 0.6) is 0 Å². The number of hydrogen-bond donors (Lipinski definition) is 3. The van der Waals surface area contributed by atoms with Crippen LogP contribution in [0.4, 0.5) is 22.0 Å². The molecule has 19 heteroatoms. The van der Waals surface area contributed by atoms with Gasteiger partial charge in [-0.15, -0.1) is 5.10 Å². The summed E-state index contributed by atoms with van der Waals surface area (Å²) in [5.41, 5.74) is 2.93. The molecule has 1 aliphatic heterocycles. The van der Waals surface area contributed by atoms with Crippen molar-refractivity contribution in [2.45, 2.75) is 49.7 Å². The maximum Gasteiger partial charge on any atom is 0.435 e. The third-order valence-corrected chi connectivity index (χ3v) is 7.56. The lowest BCUT2D eigenvalue weighted by Crippen LogP contribution is -2.56. The molecule has 240 valence electrons. The van der Waals surface area contributed by atoms with E-state index in [2.05, 4.69) is 20.2 Å². The maximum atomic E-state index is 14.7. The Kier molecular flexibility index (Phi) is 8.87. The second-order valence-corrected chi connectivity index (χ2v) is 10.8. The van der Waals surface area contributed by atoms with Crippen molar-refractivity contribution >= 4 is 29.1 Å². The molecule has 0 bridgehead atoms. The highest BCUT2D eigenvalue weighted by atomic mass is 35.5. The molecule has 0 spiro atoms. The van der Waals surface area contributed by atoms with Gasteiger partial charge in [0.25, 0.3) is 5.91 Å². The number of aliphatic hydroxyl groups excluding tert-OH is 2. The summed E-state index contributed by atoms with van der Waals surface area (Å²) in [5.74, 6) is -5.07. The van der Waals surface area contributed by atoms with E-state index in [1.807, 2.05) is 0 Å². The quantitative estimate of drug-likeness (QED) is 0.196. The van der Waals surface area contributed by atoms with Gasteiger partial charge in [0.15, 0.2) is 23.2 Å². The number of alkyl halides is 3. The first-order valence-electron chi connectivity index (χ1n) is 12.9. The molecule has 12 nitrogen and oxygen atoms in total. The molecular formula is C26H22Cl2F5N7O5. The van der Waals surface area contributed by atoms with Gasteiger partial charge < -0.3 is 25.4 Å². The number of ether oxygens (including phenoxy) is 2. The highest BCUT2D eigenvalue weighted by Gasteiger charge is 2.51. The van der Waals surface area contributed by atoms with E-state index in [4.69, 9.17) is 38.4 Å². The van der Waals surface area contributed by atoms with E-state index in [0.29, 0.717) is 4.68 Å². The van der Waals surface area contributed by atoms with E-state index in [0.717, 1.165) is 29.2 Å². The normalized spacial score (nSPS) is 22.9. The topological polar surface area (TPSA) is 163 Å². The minimum atomic E-state index is -5.03. The number of aromatic nitrogens is 6. The van der Waals surface area contributed by atoms with Crippen molar-refractivity contribution in [2.24, 2.45) is 5.73 Å². The average Bonchev–Trinajstić information content (AvgIpc) is 3.63. The summed E-state index contributed by atoms with van der Waals surface area (Å²) in [4.78, 5) is 19.4. The molecule has 45 heavy (non-hydrogen) atoms. The van der Waals surface area contributed by atoms with Gasteiger partial charge in [-0.3, -0.25) is 9.48 Å². The van der Waals surface area contributed by atoms with Gasteiger partial charge in [0.1, 0.15) is 30.5 Å². The highest BCUT2D eigenvalue weighted by Crippen LogP contribution is 2.42. The van der Waals surface area contributed by atoms with Crippen molar-refractivity contribution < 1.29 is 46.4 Å². The van der Waals surface area contributed by atoms with Gasteiger partial charge in [0.05, 0.1) is 28.0 Å². The number of hydrogen-bond acceptors (Lipinski definition) is 9. The van der Waals surface area contributed by atoms with E-state index < -0.39 is 88.3 Å². The van der Waals surface area contributed by atoms with Crippen LogP contribution in [0, 0.1) is 11.6 Å². The smallest absolute Gasteiger partial charge is 0.391 e. The van der Waals surface area contributed by atoms with E-state index in [1.165, 1.54) is 26.3 Å². The monoisotopic (exact) mass is 677 g/mol. The fourth-order valence-electron chi connectivity index (χ4n) is 5.06. The summed E-state index contributed by atoms with van der Waals surface area (Å²) in [5, 5.41) is 29.6. The van der Waals surface area contributed by atoms with E-state index in [9.17, 15) is 37.0 Å². The fourth-order valence-corrected chi connectivity index (χ4v) is 5.36. The van der Waals surface area contributed by atoms with E-state index in [-0.39, 0.29) is 16.1 Å². The predicted octanol–water partition coefficient (Wildman–Crippen LogP) is 3.67. The van der Waals surface area contributed by atoms with Crippen LogP contribution in [0.2, 0.25) is 10.0 Å². The van der Waals surface area contributed by atoms with Gasteiger partial charge in [-0.2, -0.15) is 18.3 Å². The van der Waals surface area contributed by atoms with Crippen LogP contribution in [-0.4, -0.2) is 77.2 Å². The summed E-state index contributed by atoms with van der Waals surface area (Å²) < 4.78 is 84.1. The number of pyridine rings is 1. The van der Waals surface area contributed by atoms with Crippen molar-refractivity contribution in [3.8, 4) is 16.8 Å². The Labute approximate surface area is 260 Å². The highest BCUT2D eigenvalue weighted by molar-refractivity contribution is 6.31. The van der Waals surface area contributed by atoms with Crippen molar-refractivity contribution in [1.82, 2.24) is 29.5 Å². The SMILES string of the molecule is CO[C@H]1C(C(C)O)O[C@@H](c2nc(C(N)=O)nn2-c2cc(Cl)cnc2C(F)(F)F)C(O)C1n1cc(-c2ccc(Cl)c(F)c2F)cn1. The number of aliphatic hydroxyl groups is 2. The molecule has 4 aromatic rings. The van der Waals surface area contributed by atoms with Gasteiger partial charge in [-0.1, -0.05) is 23.2 Å². The molecule has 4 N–H and O–H groups in total. The van der Waals surface area contributed by atoms with Crippen LogP contribution >= 0.6 is 23.2 Å². The molecule has 1 amide bonds. The van der Waals surface area contributed by atoms with Crippen LogP contribution in [0.25, 0.3) is 16.8 Å². The molecule has 1 saturated heterocycles. The molecule has 0 aliphatic carbocycles. The summed E-state index contributed by atoms with van der Waals surface area (Å²) in [6, 6.07) is 1.90. The summed E-state index contributed by atoms with van der Waals surface area (Å²) in [6.45, 7) is 1.32. The molecule has 0 radical (unpaired) electrons. The van der Waals surface area contributed by atoms with Crippen LogP contribution in [0.15, 0.2) is 36.8 Å². The van der Waals surface area contributed by atoms with Crippen molar-refractivity contribution in [2.75, 3.05) is 7.11 Å². The van der Waals surface area contributed by atoms with Gasteiger partial charge >= 0.3 is 6.18 Å². The minimum Gasteiger partial charge on any atom is -0.391 e. The number of carbonyl (C=O) groups is 1. The lowest BCUT2D eigenvalue weighted by atomic mass is 9.89. The Morgan fingerprint density at radius 2 is 1.91 bits per heavy atom. The third-order valence-electron chi connectivity index (χ3n) is 7.06. The lowest BCUT2D eigenvalue weighted by molar-refractivity contribution is -0.230. The molecule has 3 aromatic heterocycles. The number of halogens is 7. The number of carbonyl (C=O) groups excluding carboxylic acids is 1. The Bertz CT molecular complexity index is 1750. The number of amides is 1. The molecule has 4 unspecified atom stereocenters. The maximum absolute atomic E-state index is 14.7. The van der Waals surface area contributed by atoms with Crippen LogP contribution < -0.4 is 5.73 Å². The largest absolute Gasteiger partial charge is 0.435 e. The summed E-state index contributed by atoms with van der Waals surface area (Å²) in [7, 11) is 1.24. The van der Waals surface area contributed by atoms with Crippen LogP contribution in [0.3, 0.4) is 0 Å². The summed E-state index contributed by atoms with van der Waals surface area (Å²) >= 11 is 11.6. The minimum absolute atomic E-state index is 0.0563. The van der Waals surface area contributed by atoms with Gasteiger partial charge in [-0.05, 0) is 25.1 Å². The number of benzene rings is 1. The zero-order chi connectivity index (χ0) is 33.0. The van der Waals surface area contributed by atoms with Crippen LogP contribution in [0.1, 0.15) is 41.2 Å². The van der Waals surface area contributed by atoms with E-state index in [1.54, 1.807) is 0 Å². The molecule has 1 aliphatic rings. The van der Waals surface area contributed by atoms with Gasteiger partial charge in [-0.25, -0.2) is 23.4 Å². The molecule has 6 atom stereocenters. The zero-order valence-corrected chi connectivity index (χ0v) is 24.5. The van der Waals surface area contributed by atoms with Crippen molar-refractivity contribution in [3.05, 3.63) is 75.8 Å². The third kappa shape index (κ3) is 5.98. The molecule has 1 aromatic carbocycles. The number of rotatable bonds is 7. The van der Waals surface area contributed by atoms with Crippen molar-refractivity contribution in [3.63, 3.8) is 0 Å². The zero-order valence-electron chi connectivity index (χ0n) is 23.0. The first-order chi connectivity index (χ1) is 21.1. The molecular weight excluding hydrogens is 656 g/mol. The Morgan fingerprint density at radius 1 is 1.20 bits per heavy atom. The number of nitrogens with two attached hydrogens (primary N) is 1. The molecule has 4 heterocycles. The van der Waals surface area contributed by atoms with Crippen LogP contribution in [-0.2, 0) is 15.7 Å². The van der Waals surface area contributed by atoms with Gasteiger partial charge in [0, 0.05) is 30.6 Å². The standard InChI is InChI=1S/C26H22Cl2F5N7O5/c1-9(41)19-20(44-2)17(39-8-10(6-36-39)12-3-4-13(28)16(30)15(12)29)18(42)21(45-19)25-37-24(23(34)43)38-40(25)14-5-11(27)7-35-22(14)26(31,32)33/h3-9,17-21,41-42H,1-2H3,(H2,34,43)/t9?,17?,18?,19?,20-,21-/m1/s1. The van der Waals surface area contributed by atoms with Crippen molar-refractivity contribution in [1.29, 1.82) is 0 Å². The molecule has 5 rings (SSSR count). The number of methoxy groups -OCH3 is 1. The second kappa shape index (κ2) is 12.2. The Hall–Kier alpha value is -3.74. The molecule has 1 fully saturated rings. The fraction of sp³-hybridized carbons (Fsp3) is 0.346. The lowest BCUT2D eigenvalue weighted by Gasteiger charge is -2.44. The number of primary amides is 1. The van der Waals surface area contributed by atoms with Gasteiger partial charge in [0.2, 0.25) is 5.82 Å². The second-order valence-electron chi connectivity index (χ2n) is 9.96. The van der Waals surface area contributed by atoms with E-state index >= 15 is 0 Å². The Balaban J connectivity index is 1.67. The average molecular weight is 678 g/mol. The Morgan fingerprint density at radius 3 is 2.53 bits per heavy atom.